The van der Waals surface area contributed by atoms with Crippen LogP contribution in [-0.2, 0) is 0 Å². The molecule has 0 saturated carbocycles. The van der Waals surface area contributed by atoms with Crippen LogP contribution < -0.4 is 0 Å². The number of nitrogens with zero attached hydrogens (tertiary/aromatic N) is 3. The Bertz CT molecular complexity index is 784. The van der Waals surface area contributed by atoms with Gasteiger partial charge in [0.1, 0.15) is 11.5 Å². The van der Waals surface area contributed by atoms with Gasteiger partial charge in [-0.25, -0.2) is 4.39 Å². The van der Waals surface area contributed by atoms with Crippen LogP contribution in [0.15, 0.2) is 42.6 Å². The van der Waals surface area contributed by atoms with E-state index >= 15 is 0 Å². The van der Waals surface area contributed by atoms with E-state index in [4.69, 9.17) is 0 Å². The Kier molecular flexibility index (Phi) is 5.74. The van der Waals surface area contributed by atoms with Gasteiger partial charge >= 0.3 is 0 Å². The highest BCUT2D eigenvalue weighted by Gasteiger charge is 2.28. The van der Waals surface area contributed by atoms with E-state index in [1.807, 2.05) is 16.7 Å². The van der Waals surface area contributed by atoms with Crippen LogP contribution in [0, 0.1) is 5.82 Å². The zero-order valence-electron chi connectivity index (χ0n) is 15.3. The van der Waals surface area contributed by atoms with E-state index in [1.165, 1.54) is 30.7 Å². The van der Waals surface area contributed by atoms with Crippen LogP contribution in [0.1, 0.15) is 23.2 Å². The largest absolute Gasteiger partial charge is 0.339 e. The minimum atomic E-state index is -0.352. The van der Waals surface area contributed by atoms with E-state index in [0.29, 0.717) is 22.9 Å². The number of pyridine rings is 1. The molecule has 1 aromatic heterocycles. The second-order valence-corrected chi connectivity index (χ2v) is 8.31. The Morgan fingerprint density at radius 1 is 1.04 bits per heavy atom. The van der Waals surface area contributed by atoms with Gasteiger partial charge in [-0.15, -0.1) is 0 Å². The Hall–Kier alpha value is -1.92. The van der Waals surface area contributed by atoms with Crippen LogP contribution >= 0.6 is 11.8 Å². The van der Waals surface area contributed by atoms with Crippen LogP contribution in [0.4, 0.5) is 4.39 Å². The normalized spacial score (nSPS) is 19.2. The molecule has 4 nitrogen and oxygen atoms in total. The van der Waals surface area contributed by atoms with Crippen LogP contribution in [0.5, 0.6) is 0 Å². The molecule has 27 heavy (non-hydrogen) atoms. The highest BCUT2D eigenvalue weighted by Crippen LogP contribution is 2.23. The van der Waals surface area contributed by atoms with Crippen molar-refractivity contribution in [2.24, 2.45) is 0 Å². The first kappa shape index (κ1) is 18.4. The van der Waals surface area contributed by atoms with Crippen molar-refractivity contribution in [1.82, 2.24) is 14.8 Å². The van der Waals surface area contributed by atoms with Crippen molar-refractivity contribution in [3.8, 4) is 11.3 Å². The zero-order chi connectivity index (χ0) is 18.6. The Labute approximate surface area is 163 Å². The van der Waals surface area contributed by atoms with E-state index in [-0.39, 0.29) is 11.7 Å². The molecule has 0 N–H and O–H groups in total. The summed E-state index contributed by atoms with van der Waals surface area (Å²) in [6, 6.07) is 10.7. The van der Waals surface area contributed by atoms with Crippen molar-refractivity contribution in [3.05, 3.63) is 54.0 Å². The lowest BCUT2D eigenvalue weighted by Crippen LogP contribution is -2.49. The molecule has 0 radical (unpaired) electrons. The summed E-state index contributed by atoms with van der Waals surface area (Å²) in [5.41, 5.74) is 1.66. The average Bonchev–Trinajstić information content (AvgIpc) is 2.74. The average molecular weight is 386 g/mol. The molecule has 4 rings (SSSR count). The number of hydrogen-bond donors (Lipinski definition) is 0. The minimum absolute atomic E-state index is 0.0655. The predicted molar refractivity (Wildman–Crippen MR) is 107 cm³/mol. The summed E-state index contributed by atoms with van der Waals surface area (Å²) < 4.78 is 13.9. The first-order chi connectivity index (χ1) is 13.2. The third-order valence-corrected chi connectivity index (χ3v) is 6.42. The molecule has 2 aromatic rings. The number of hydrogen-bond acceptors (Lipinski definition) is 4. The monoisotopic (exact) mass is 385 g/mol. The van der Waals surface area contributed by atoms with E-state index in [1.54, 1.807) is 36.5 Å². The fourth-order valence-corrected chi connectivity index (χ4v) is 4.86. The molecule has 0 spiro atoms. The van der Waals surface area contributed by atoms with Crippen molar-refractivity contribution in [1.29, 1.82) is 0 Å². The number of benzene rings is 1. The van der Waals surface area contributed by atoms with Gasteiger partial charge in [-0.3, -0.25) is 14.7 Å². The number of thioether (sulfide) groups is 1. The second kappa shape index (κ2) is 8.40. The van der Waals surface area contributed by atoms with Crippen molar-refractivity contribution in [3.63, 3.8) is 0 Å². The van der Waals surface area contributed by atoms with E-state index in [9.17, 15) is 9.18 Å². The number of carbonyl (C=O) groups is 1. The van der Waals surface area contributed by atoms with Crippen molar-refractivity contribution < 1.29 is 9.18 Å². The molecule has 2 fully saturated rings. The minimum Gasteiger partial charge on any atom is -0.339 e. The predicted octanol–water partition coefficient (Wildman–Crippen LogP) is 3.54. The van der Waals surface area contributed by atoms with Crippen LogP contribution in [0.2, 0.25) is 0 Å². The van der Waals surface area contributed by atoms with Gasteiger partial charge in [-0.1, -0.05) is 12.1 Å². The fourth-order valence-electron chi connectivity index (χ4n) is 3.93. The summed E-state index contributed by atoms with van der Waals surface area (Å²) in [6.45, 7) is 3.97. The second-order valence-electron chi connectivity index (χ2n) is 7.08. The number of amides is 1. The third-order valence-electron chi connectivity index (χ3n) is 5.48. The molecule has 2 aliphatic rings. The summed E-state index contributed by atoms with van der Waals surface area (Å²) in [7, 11) is 0. The van der Waals surface area contributed by atoms with Gasteiger partial charge < -0.3 is 4.90 Å². The van der Waals surface area contributed by atoms with Gasteiger partial charge in [0.25, 0.3) is 5.91 Å². The van der Waals surface area contributed by atoms with Crippen molar-refractivity contribution in [2.45, 2.75) is 18.9 Å². The van der Waals surface area contributed by atoms with E-state index in [2.05, 4.69) is 9.88 Å². The van der Waals surface area contributed by atoms with Crippen LogP contribution in [-0.4, -0.2) is 64.4 Å². The highest BCUT2D eigenvalue weighted by atomic mass is 32.2. The molecule has 0 unspecified atom stereocenters. The molecule has 2 aliphatic heterocycles. The SMILES string of the molecule is O=C(c1ccc(-c2ncccc2F)cc1)N1CCC(N2CCSCC2)CC1. The molecular formula is C21H24FN3OS. The Morgan fingerprint density at radius 3 is 2.41 bits per heavy atom. The lowest BCUT2D eigenvalue weighted by molar-refractivity contribution is 0.0631. The quantitative estimate of drug-likeness (QED) is 0.810. The zero-order valence-corrected chi connectivity index (χ0v) is 16.1. The van der Waals surface area contributed by atoms with Crippen LogP contribution in [0.25, 0.3) is 11.3 Å². The first-order valence-corrected chi connectivity index (χ1v) is 10.7. The lowest BCUT2D eigenvalue weighted by atomic mass is 10.0. The highest BCUT2D eigenvalue weighted by molar-refractivity contribution is 7.99. The standard InChI is InChI=1S/C21H24FN3OS/c22-19-2-1-9-23-20(19)16-3-5-17(6-4-16)21(26)25-10-7-18(8-11-25)24-12-14-27-15-13-24/h1-6,9,18H,7-8,10-15H2. The molecule has 2 saturated heterocycles. The molecule has 142 valence electrons. The number of aromatic nitrogens is 1. The maximum atomic E-state index is 13.9. The maximum Gasteiger partial charge on any atom is 0.253 e. The molecule has 3 heterocycles. The third kappa shape index (κ3) is 4.17. The summed E-state index contributed by atoms with van der Waals surface area (Å²) in [6.07, 6.45) is 3.67. The smallest absolute Gasteiger partial charge is 0.253 e. The van der Waals surface area contributed by atoms with Gasteiger partial charge in [0.2, 0.25) is 0 Å². The number of rotatable bonds is 3. The topological polar surface area (TPSA) is 36.4 Å². The molecule has 1 amide bonds. The van der Waals surface area contributed by atoms with Crippen molar-refractivity contribution >= 4 is 17.7 Å². The summed E-state index contributed by atoms with van der Waals surface area (Å²) in [5, 5.41) is 0. The molecule has 0 bridgehead atoms. The van der Waals surface area contributed by atoms with E-state index in [0.717, 1.165) is 25.9 Å². The number of carbonyl (C=O) groups excluding carboxylic acids is 1. The van der Waals surface area contributed by atoms with Gasteiger partial charge in [0.05, 0.1) is 0 Å². The summed E-state index contributed by atoms with van der Waals surface area (Å²) >= 11 is 2.03. The van der Waals surface area contributed by atoms with Crippen molar-refractivity contribution in [2.75, 3.05) is 37.7 Å². The molecule has 0 aliphatic carbocycles. The van der Waals surface area contributed by atoms with Crippen LogP contribution in [0.3, 0.4) is 0 Å². The molecule has 0 atom stereocenters. The Morgan fingerprint density at radius 2 is 1.74 bits per heavy atom. The maximum absolute atomic E-state index is 13.9. The number of halogens is 1. The summed E-state index contributed by atoms with van der Waals surface area (Å²) in [4.78, 5) is 21.4. The summed E-state index contributed by atoms with van der Waals surface area (Å²) in [5.74, 6) is 2.16. The van der Waals surface area contributed by atoms with Gasteiger partial charge in [-0.2, -0.15) is 11.8 Å². The first-order valence-electron chi connectivity index (χ1n) is 9.54. The van der Waals surface area contributed by atoms with Gasteiger partial charge in [-0.05, 0) is 37.1 Å². The Balaban J connectivity index is 1.38. The number of likely N-dealkylation sites (tertiary alicyclic amines) is 1. The molecule has 6 heteroatoms. The fraction of sp³-hybridized carbons (Fsp3) is 0.429. The molecular weight excluding hydrogens is 361 g/mol. The van der Waals surface area contributed by atoms with Gasteiger partial charge in [0.15, 0.2) is 0 Å². The molecule has 1 aromatic carbocycles. The number of piperidine rings is 1. The van der Waals surface area contributed by atoms with E-state index < -0.39 is 0 Å². The van der Waals surface area contributed by atoms with Gasteiger partial charge in [0, 0.05) is 61.1 Å². The lowest BCUT2D eigenvalue weighted by Gasteiger charge is -2.40.